The minimum Gasteiger partial charge on any atom is -0.463 e. The van der Waals surface area contributed by atoms with Gasteiger partial charge >= 0.3 is 0 Å². The minimum absolute atomic E-state index is 0.835. The van der Waals surface area contributed by atoms with E-state index in [0.29, 0.717) is 0 Å². The molecule has 3 aromatic rings. The van der Waals surface area contributed by atoms with Gasteiger partial charge in [-0.15, -0.1) is 0 Å². The van der Waals surface area contributed by atoms with Crippen molar-refractivity contribution in [3.05, 3.63) is 30.8 Å². The Labute approximate surface area is 68.0 Å². The van der Waals surface area contributed by atoms with Crippen molar-refractivity contribution in [2.75, 3.05) is 0 Å². The maximum absolute atomic E-state index is 5.22. The number of fused-ring (bicyclic) bond motifs is 3. The normalized spacial score (nSPS) is 11.3. The van der Waals surface area contributed by atoms with Gasteiger partial charge in [0.2, 0.25) is 0 Å². The van der Waals surface area contributed by atoms with Crippen molar-refractivity contribution in [3.8, 4) is 0 Å². The molecule has 0 radical (unpaired) electrons. The SMILES string of the molecule is c1cc2c(ncc3occc32)[nH]1. The molecule has 3 aromatic heterocycles. The van der Waals surface area contributed by atoms with Crippen molar-refractivity contribution >= 4 is 22.0 Å². The zero-order chi connectivity index (χ0) is 7.97. The van der Waals surface area contributed by atoms with Crippen LogP contribution >= 0.6 is 0 Å². The quantitative estimate of drug-likeness (QED) is 0.545. The first-order chi connectivity index (χ1) is 5.95. The minimum atomic E-state index is 0.835. The van der Waals surface area contributed by atoms with Crippen LogP contribution in [-0.4, -0.2) is 9.97 Å². The van der Waals surface area contributed by atoms with Crippen molar-refractivity contribution in [2.45, 2.75) is 0 Å². The van der Waals surface area contributed by atoms with Gasteiger partial charge in [0.1, 0.15) is 5.65 Å². The first-order valence-electron chi connectivity index (χ1n) is 3.74. The van der Waals surface area contributed by atoms with Gasteiger partial charge in [0.15, 0.2) is 5.58 Å². The van der Waals surface area contributed by atoms with Crippen LogP contribution in [0.5, 0.6) is 0 Å². The highest BCUT2D eigenvalue weighted by atomic mass is 16.3. The molecule has 0 aliphatic rings. The van der Waals surface area contributed by atoms with Gasteiger partial charge < -0.3 is 9.40 Å². The highest BCUT2D eigenvalue weighted by Crippen LogP contribution is 2.22. The van der Waals surface area contributed by atoms with Crippen LogP contribution in [0.4, 0.5) is 0 Å². The fourth-order valence-corrected chi connectivity index (χ4v) is 1.45. The van der Waals surface area contributed by atoms with Gasteiger partial charge in [-0.1, -0.05) is 0 Å². The summed E-state index contributed by atoms with van der Waals surface area (Å²) in [5, 5.41) is 2.22. The van der Waals surface area contributed by atoms with E-state index in [1.165, 1.54) is 0 Å². The highest BCUT2D eigenvalue weighted by molar-refractivity contribution is 6.02. The van der Waals surface area contributed by atoms with E-state index in [4.69, 9.17) is 4.42 Å². The predicted octanol–water partition coefficient (Wildman–Crippen LogP) is 2.31. The molecule has 0 fully saturated rings. The average Bonchev–Trinajstić information content (AvgIpc) is 2.71. The molecule has 3 nitrogen and oxygen atoms in total. The van der Waals surface area contributed by atoms with Gasteiger partial charge in [0, 0.05) is 17.0 Å². The molecule has 3 heteroatoms. The third kappa shape index (κ3) is 0.580. The number of hydrogen-bond donors (Lipinski definition) is 1. The van der Waals surface area contributed by atoms with E-state index in [1.54, 1.807) is 12.5 Å². The smallest absolute Gasteiger partial charge is 0.152 e. The zero-order valence-corrected chi connectivity index (χ0v) is 6.24. The van der Waals surface area contributed by atoms with Crippen molar-refractivity contribution in [2.24, 2.45) is 0 Å². The van der Waals surface area contributed by atoms with Crippen LogP contribution in [0.3, 0.4) is 0 Å². The molecule has 1 N–H and O–H groups in total. The topological polar surface area (TPSA) is 41.8 Å². The summed E-state index contributed by atoms with van der Waals surface area (Å²) >= 11 is 0. The number of H-pyrrole nitrogens is 1. The van der Waals surface area contributed by atoms with Crippen LogP contribution in [0.1, 0.15) is 0 Å². The third-order valence-electron chi connectivity index (χ3n) is 2.02. The van der Waals surface area contributed by atoms with E-state index < -0.39 is 0 Å². The molecule has 0 saturated carbocycles. The second-order valence-corrected chi connectivity index (χ2v) is 2.70. The molecule has 0 atom stereocenters. The Morgan fingerprint density at radius 2 is 2.25 bits per heavy atom. The summed E-state index contributed by atoms with van der Waals surface area (Å²) in [5.41, 5.74) is 1.74. The number of hydrogen-bond acceptors (Lipinski definition) is 2. The number of nitrogens with one attached hydrogen (secondary N) is 1. The third-order valence-corrected chi connectivity index (χ3v) is 2.02. The van der Waals surface area contributed by atoms with Crippen LogP contribution in [0, 0.1) is 0 Å². The standard InChI is InChI=1S/C9H6N2O/c1-3-10-9-7(1)6-2-4-12-8(6)5-11-9/h1-5H,(H,10,11). The van der Waals surface area contributed by atoms with E-state index in [9.17, 15) is 0 Å². The Morgan fingerprint density at radius 1 is 1.25 bits per heavy atom. The molecular weight excluding hydrogens is 152 g/mol. The lowest BCUT2D eigenvalue weighted by atomic mass is 10.2. The fourth-order valence-electron chi connectivity index (χ4n) is 1.45. The zero-order valence-electron chi connectivity index (χ0n) is 6.24. The molecule has 0 saturated heterocycles. The molecule has 3 rings (SSSR count). The number of nitrogens with zero attached hydrogens (tertiary/aromatic N) is 1. The number of aromatic amines is 1. The highest BCUT2D eigenvalue weighted by Gasteiger charge is 2.02. The van der Waals surface area contributed by atoms with Gasteiger partial charge in [-0.25, -0.2) is 4.98 Å². The van der Waals surface area contributed by atoms with E-state index in [-0.39, 0.29) is 0 Å². The number of furan rings is 1. The maximum Gasteiger partial charge on any atom is 0.152 e. The van der Waals surface area contributed by atoms with Crippen LogP contribution in [0.2, 0.25) is 0 Å². The number of rotatable bonds is 0. The lowest BCUT2D eigenvalue weighted by Crippen LogP contribution is -1.74. The summed E-state index contributed by atoms with van der Waals surface area (Å²) in [6, 6.07) is 3.95. The molecule has 58 valence electrons. The Morgan fingerprint density at radius 3 is 3.25 bits per heavy atom. The Bertz CT molecular complexity index is 486. The van der Waals surface area contributed by atoms with Crippen LogP contribution in [0.15, 0.2) is 35.2 Å². The van der Waals surface area contributed by atoms with Gasteiger partial charge in [0.05, 0.1) is 12.5 Å². The molecule has 0 aliphatic carbocycles. The number of pyridine rings is 1. The second-order valence-electron chi connectivity index (χ2n) is 2.70. The van der Waals surface area contributed by atoms with Crippen molar-refractivity contribution in [3.63, 3.8) is 0 Å². The molecule has 0 aliphatic heterocycles. The number of aromatic nitrogens is 2. The molecule has 0 bridgehead atoms. The van der Waals surface area contributed by atoms with E-state index in [1.807, 2.05) is 18.3 Å². The van der Waals surface area contributed by atoms with E-state index in [2.05, 4.69) is 9.97 Å². The predicted molar refractivity (Wildman–Crippen MR) is 45.9 cm³/mol. The average molecular weight is 158 g/mol. The maximum atomic E-state index is 5.22. The molecule has 3 heterocycles. The first-order valence-corrected chi connectivity index (χ1v) is 3.74. The molecule has 0 unspecified atom stereocenters. The Kier molecular flexibility index (Phi) is 0.913. The Hall–Kier alpha value is -1.77. The summed E-state index contributed by atoms with van der Waals surface area (Å²) in [5.74, 6) is 0. The van der Waals surface area contributed by atoms with Crippen molar-refractivity contribution in [1.82, 2.24) is 9.97 Å². The summed E-state index contributed by atoms with van der Waals surface area (Å²) in [4.78, 5) is 7.24. The van der Waals surface area contributed by atoms with E-state index >= 15 is 0 Å². The largest absolute Gasteiger partial charge is 0.463 e. The van der Waals surface area contributed by atoms with Gasteiger partial charge in [-0.05, 0) is 12.1 Å². The van der Waals surface area contributed by atoms with Gasteiger partial charge in [0.25, 0.3) is 0 Å². The Balaban J connectivity index is 2.71. The van der Waals surface area contributed by atoms with Gasteiger partial charge in [-0.3, -0.25) is 0 Å². The van der Waals surface area contributed by atoms with Crippen LogP contribution < -0.4 is 0 Å². The lowest BCUT2D eigenvalue weighted by Gasteiger charge is -1.89. The van der Waals surface area contributed by atoms with E-state index in [0.717, 1.165) is 22.0 Å². The van der Waals surface area contributed by atoms with Crippen LogP contribution in [0.25, 0.3) is 22.0 Å². The van der Waals surface area contributed by atoms with Crippen LogP contribution in [-0.2, 0) is 0 Å². The van der Waals surface area contributed by atoms with Gasteiger partial charge in [-0.2, -0.15) is 0 Å². The lowest BCUT2D eigenvalue weighted by molar-refractivity contribution is 0.614. The molecular formula is C9H6N2O. The summed E-state index contributed by atoms with van der Waals surface area (Å²) < 4.78 is 5.22. The first kappa shape index (κ1) is 5.83. The monoisotopic (exact) mass is 158 g/mol. The molecule has 12 heavy (non-hydrogen) atoms. The molecule has 0 amide bonds. The molecule has 0 spiro atoms. The van der Waals surface area contributed by atoms with Crippen molar-refractivity contribution < 1.29 is 4.42 Å². The fraction of sp³-hybridized carbons (Fsp3) is 0. The summed E-state index contributed by atoms with van der Waals surface area (Å²) in [6.45, 7) is 0. The van der Waals surface area contributed by atoms with Crippen molar-refractivity contribution in [1.29, 1.82) is 0 Å². The summed E-state index contributed by atoms with van der Waals surface area (Å²) in [7, 11) is 0. The second kappa shape index (κ2) is 1.88. The molecule has 0 aromatic carbocycles. The summed E-state index contributed by atoms with van der Waals surface area (Å²) in [6.07, 6.45) is 5.29.